The average molecular weight is 325 g/mol. The van der Waals surface area contributed by atoms with Crippen molar-refractivity contribution >= 4 is 35.5 Å². The van der Waals surface area contributed by atoms with Gasteiger partial charge in [-0.15, -0.1) is 0 Å². The second kappa shape index (κ2) is 7.81. The third kappa shape index (κ3) is 5.21. The Morgan fingerprint density at radius 3 is 1.95 bits per heavy atom. The number of carbonyl (C=O) groups excluding carboxylic acids is 1. The molecule has 0 radical (unpaired) electrons. The van der Waals surface area contributed by atoms with Gasteiger partial charge in [0.2, 0.25) is 0 Å². The van der Waals surface area contributed by atoms with E-state index in [4.69, 9.17) is 28.3 Å². The van der Waals surface area contributed by atoms with Crippen molar-refractivity contribution in [3.8, 4) is 0 Å². The lowest BCUT2D eigenvalue weighted by Crippen LogP contribution is -1.95. The van der Waals surface area contributed by atoms with Crippen molar-refractivity contribution in [2.45, 2.75) is 13.8 Å². The predicted molar refractivity (Wildman–Crippen MR) is 84.7 cm³/mol. The maximum absolute atomic E-state index is 10.4. The summed E-state index contributed by atoms with van der Waals surface area (Å²) >= 11 is 11.4. The van der Waals surface area contributed by atoms with Crippen LogP contribution in [0.1, 0.15) is 31.8 Å². The molecule has 0 aliphatic rings. The maximum Gasteiger partial charge on any atom is 0.335 e. The molecular formula is C16H14Cl2O3. The highest BCUT2D eigenvalue weighted by Gasteiger charge is 2.03. The molecule has 2 rings (SSSR count). The fourth-order valence-corrected chi connectivity index (χ4v) is 1.75. The van der Waals surface area contributed by atoms with E-state index < -0.39 is 5.97 Å². The number of hydrogen-bond donors (Lipinski definition) is 1. The zero-order valence-electron chi connectivity index (χ0n) is 11.6. The predicted octanol–water partition coefficient (Wildman–Crippen LogP) is 4.81. The van der Waals surface area contributed by atoms with E-state index in [1.165, 1.54) is 6.07 Å². The summed E-state index contributed by atoms with van der Waals surface area (Å²) in [5.74, 6) is -0.926. The molecule has 0 atom stereocenters. The number of aromatic carboxylic acids is 1. The highest BCUT2D eigenvalue weighted by molar-refractivity contribution is 6.31. The summed E-state index contributed by atoms with van der Waals surface area (Å²) < 4.78 is 0. The number of carboxylic acids is 1. The van der Waals surface area contributed by atoms with Gasteiger partial charge >= 0.3 is 5.97 Å². The molecule has 0 fully saturated rings. The van der Waals surface area contributed by atoms with E-state index in [0.717, 1.165) is 17.4 Å². The average Bonchev–Trinajstić information content (AvgIpc) is 2.45. The minimum Gasteiger partial charge on any atom is -0.478 e. The summed E-state index contributed by atoms with van der Waals surface area (Å²) in [6.45, 7) is 3.64. The molecule has 1 N–H and O–H groups in total. The minimum absolute atomic E-state index is 0.270. The van der Waals surface area contributed by atoms with Gasteiger partial charge in [0.1, 0.15) is 6.29 Å². The Morgan fingerprint density at radius 1 is 1.00 bits per heavy atom. The fraction of sp³-hybridized carbons (Fsp3) is 0.125. The number of rotatable bonds is 2. The van der Waals surface area contributed by atoms with E-state index in [2.05, 4.69) is 0 Å². The van der Waals surface area contributed by atoms with Crippen molar-refractivity contribution < 1.29 is 14.7 Å². The van der Waals surface area contributed by atoms with E-state index in [1.54, 1.807) is 37.3 Å². The quantitative estimate of drug-likeness (QED) is 0.806. The van der Waals surface area contributed by atoms with Crippen LogP contribution in [0.3, 0.4) is 0 Å². The van der Waals surface area contributed by atoms with Crippen LogP contribution in [0.4, 0.5) is 0 Å². The van der Waals surface area contributed by atoms with Crippen LogP contribution in [-0.2, 0) is 0 Å². The van der Waals surface area contributed by atoms with Gasteiger partial charge in [0.05, 0.1) is 5.56 Å². The van der Waals surface area contributed by atoms with E-state index in [1.807, 2.05) is 6.92 Å². The van der Waals surface area contributed by atoms with E-state index >= 15 is 0 Å². The fourth-order valence-electron chi connectivity index (χ4n) is 1.52. The van der Waals surface area contributed by atoms with Crippen molar-refractivity contribution in [3.05, 3.63) is 68.7 Å². The lowest BCUT2D eigenvalue weighted by Gasteiger charge is -1.97. The molecule has 0 spiro atoms. The SMILES string of the molecule is Cc1cc(C(=O)O)ccc1Cl.Cc1cc(C=O)ccc1Cl. The molecule has 2 aromatic carbocycles. The van der Waals surface area contributed by atoms with E-state index in [-0.39, 0.29) is 5.56 Å². The molecule has 0 aliphatic carbocycles. The summed E-state index contributed by atoms with van der Waals surface area (Å²) in [6, 6.07) is 9.79. The Labute approximate surface area is 133 Å². The third-order valence-electron chi connectivity index (χ3n) is 2.72. The van der Waals surface area contributed by atoms with Crippen LogP contribution >= 0.6 is 23.2 Å². The number of hydrogen-bond acceptors (Lipinski definition) is 2. The van der Waals surface area contributed by atoms with Crippen molar-refractivity contribution in [3.63, 3.8) is 0 Å². The molecular weight excluding hydrogens is 311 g/mol. The topological polar surface area (TPSA) is 54.4 Å². The van der Waals surface area contributed by atoms with Gasteiger partial charge in [0.15, 0.2) is 0 Å². The lowest BCUT2D eigenvalue weighted by atomic mass is 10.1. The monoisotopic (exact) mass is 324 g/mol. The number of halogens is 2. The van der Waals surface area contributed by atoms with Gasteiger partial charge in [-0.2, -0.15) is 0 Å². The number of carboxylic acid groups (broad SMARTS) is 1. The van der Waals surface area contributed by atoms with Crippen molar-refractivity contribution in [1.29, 1.82) is 0 Å². The van der Waals surface area contributed by atoms with E-state index in [9.17, 15) is 9.59 Å². The van der Waals surface area contributed by atoms with Crippen LogP contribution in [0.25, 0.3) is 0 Å². The second-order valence-electron chi connectivity index (χ2n) is 4.40. The molecule has 0 unspecified atom stereocenters. The summed E-state index contributed by atoms with van der Waals surface area (Å²) in [4.78, 5) is 20.6. The summed E-state index contributed by atoms with van der Waals surface area (Å²) in [5, 5.41) is 9.85. The first-order chi connectivity index (χ1) is 9.85. The first-order valence-corrected chi connectivity index (χ1v) is 6.81. The zero-order valence-corrected chi connectivity index (χ0v) is 13.1. The number of aryl methyl sites for hydroxylation is 2. The van der Waals surface area contributed by atoms with Gasteiger partial charge < -0.3 is 5.11 Å². The van der Waals surface area contributed by atoms with Gasteiger partial charge in [-0.3, -0.25) is 4.79 Å². The first kappa shape index (κ1) is 17.2. The van der Waals surface area contributed by atoms with Gasteiger partial charge in [-0.05, 0) is 55.3 Å². The minimum atomic E-state index is -0.926. The molecule has 0 aromatic heterocycles. The smallest absolute Gasteiger partial charge is 0.335 e. The Kier molecular flexibility index (Phi) is 6.40. The van der Waals surface area contributed by atoms with E-state index in [0.29, 0.717) is 15.6 Å². The van der Waals surface area contributed by atoms with Gasteiger partial charge in [0, 0.05) is 15.6 Å². The van der Waals surface area contributed by atoms with Crippen LogP contribution in [0.2, 0.25) is 10.0 Å². The van der Waals surface area contributed by atoms with Gasteiger partial charge in [-0.25, -0.2) is 4.79 Å². The molecule has 21 heavy (non-hydrogen) atoms. The van der Waals surface area contributed by atoms with Crippen LogP contribution in [0, 0.1) is 13.8 Å². The normalized spacial score (nSPS) is 9.52. The zero-order chi connectivity index (χ0) is 16.0. The van der Waals surface area contributed by atoms with Crippen LogP contribution in [0.5, 0.6) is 0 Å². The Bertz CT molecular complexity index is 667. The summed E-state index contributed by atoms with van der Waals surface area (Å²) in [5.41, 5.74) is 2.66. The highest BCUT2D eigenvalue weighted by atomic mass is 35.5. The molecule has 3 nitrogen and oxygen atoms in total. The molecule has 0 saturated carbocycles. The van der Waals surface area contributed by atoms with Crippen molar-refractivity contribution in [1.82, 2.24) is 0 Å². The third-order valence-corrected chi connectivity index (χ3v) is 3.57. The number of carbonyl (C=O) groups is 2. The lowest BCUT2D eigenvalue weighted by molar-refractivity contribution is 0.0696. The Morgan fingerprint density at radius 2 is 1.52 bits per heavy atom. The first-order valence-electron chi connectivity index (χ1n) is 6.06. The van der Waals surface area contributed by atoms with Gasteiger partial charge in [0.25, 0.3) is 0 Å². The molecule has 0 amide bonds. The largest absolute Gasteiger partial charge is 0.478 e. The standard InChI is InChI=1S/C8H7ClO2.C8H7ClO/c1-5-4-6(8(10)11)2-3-7(5)9;1-6-4-7(5-10)2-3-8(6)9/h2-4H,1H3,(H,10,11);2-5H,1H3. The molecule has 0 aliphatic heterocycles. The Hall–Kier alpha value is -1.84. The van der Waals surface area contributed by atoms with Crippen molar-refractivity contribution in [2.75, 3.05) is 0 Å². The maximum atomic E-state index is 10.4. The Balaban J connectivity index is 0.000000211. The van der Waals surface area contributed by atoms with Crippen LogP contribution < -0.4 is 0 Å². The number of aldehydes is 1. The van der Waals surface area contributed by atoms with Crippen LogP contribution in [-0.4, -0.2) is 17.4 Å². The molecule has 0 heterocycles. The summed E-state index contributed by atoms with van der Waals surface area (Å²) in [7, 11) is 0. The molecule has 2 aromatic rings. The molecule has 0 saturated heterocycles. The van der Waals surface area contributed by atoms with Crippen LogP contribution in [0.15, 0.2) is 36.4 Å². The van der Waals surface area contributed by atoms with Crippen molar-refractivity contribution in [2.24, 2.45) is 0 Å². The molecule has 110 valence electrons. The molecule has 0 bridgehead atoms. The second-order valence-corrected chi connectivity index (χ2v) is 5.21. The highest BCUT2D eigenvalue weighted by Crippen LogP contribution is 2.16. The van der Waals surface area contributed by atoms with Gasteiger partial charge in [-0.1, -0.05) is 29.3 Å². The number of benzene rings is 2. The molecule has 5 heteroatoms. The summed E-state index contributed by atoms with van der Waals surface area (Å²) in [6.07, 6.45) is 0.809.